The van der Waals surface area contributed by atoms with Crippen LogP contribution in [-0.2, 0) is 11.2 Å². The number of piperidine rings is 1. The number of benzene rings is 1. The van der Waals surface area contributed by atoms with Crippen LogP contribution in [0.3, 0.4) is 0 Å². The number of nitrogens with zero attached hydrogens (tertiary/aromatic N) is 4. The normalized spacial score (nSPS) is 17.3. The van der Waals surface area contributed by atoms with Gasteiger partial charge in [0.25, 0.3) is 0 Å². The molecule has 8 heteroatoms. The van der Waals surface area contributed by atoms with E-state index in [-0.39, 0.29) is 11.8 Å². The zero-order valence-electron chi connectivity index (χ0n) is 19.5. The molecule has 4 rings (SSSR count). The number of likely N-dealkylation sites (tertiary alicyclic amines) is 1. The van der Waals surface area contributed by atoms with Crippen LogP contribution in [0.1, 0.15) is 43.5 Å². The first kappa shape index (κ1) is 23.3. The second-order valence-electron chi connectivity index (χ2n) is 8.91. The van der Waals surface area contributed by atoms with Crippen molar-refractivity contribution in [3.05, 3.63) is 41.9 Å². The number of amides is 1. The van der Waals surface area contributed by atoms with Gasteiger partial charge in [-0.1, -0.05) is 6.07 Å². The van der Waals surface area contributed by atoms with Crippen LogP contribution in [0, 0.1) is 5.92 Å². The third-order valence-corrected chi connectivity index (χ3v) is 6.58. The largest absolute Gasteiger partial charge is 0.493 e. The molecule has 0 spiro atoms. The summed E-state index contributed by atoms with van der Waals surface area (Å²) in [6, 6.07) is 7.94. The molecule has 1 aromatic carbocycles. The third kappa shape index (κ3) is 6.35. The quantitative estimate of drug-likeness (QED) is 0.553. The van der Waals surface area contributed by atoms with E-state index in [2.05, 4.69) is 14.8 Å². The molecule has 0 unspecified atom stereocenters. The van der Waals surface area contributed by atoms with E-state index in [0.717, 1.165) is 67.6 Å². The van der Waals surface area contributed by atoms with Crippen LogP contribution in [-0.4, -0.2) is 67.2 Å². The summed E-state index contributed by atoms with van der Waals surface area (Å²) in [6.45, 7) is 5.73. The minimum Gasteiger partial charge on any atom is -0.493 e. The lowest BCUT2D eigenvalue weighted by molar-refractivity contribution is -0.122. The SMILES string of the molecule is COc1ccc(Cc2nccc(N3CCC(C(N)=O)CC3)n2)cc1OCCCN1CCCC1. The Kier molecular flexibility index (Phi) is 7.99. The second-order valence-corrected chi connectivity index (χ2v) is 8.91. The first-order chi connectivity index (χ1) is 16.1. The van der Waals surface area contributed by atoms with Crippen LogP contribution in [0.25, 0.3) is 0 Å². The number of rotatable bonds is 10. The fourth-order valence-electron chi connectivity index (χ4n) is 4.65. The number of methoxy groups -OCH3 is 1. The maximum absolute atomic E-state index is 11.4. The summed E-state index contributed by atoms with van der Waals surface area (Å²) in [5.41, 5.74) is 6.54. The average molecular weight is 454 g/mol. The summed E-state index contributed by atoms with van der Waals surface area (Å²) in [4.78, 5) is 25.4. The lowest BCUT2D eigenvalue weighted by Gasteiger charge is -2.31. The molecule has 1 amide bonds. The van der Waals surface area contributed by atoms with Gasteiger partial charge in [-0.25, -0.2) is 9.97 Å². The van der Waals surface area contributed by atoms with E-state index >= 15 is 0 Å². The van der Waals surface area contributed by atoms with E-state index in [0.29, 0.717) is 13.0 Å². The summed E-state index contributed by atoms with van der Waals surface area (Å²) in [5, 5.41) is 0. The van der Waals surface area contributed by atoms with Crippen LogP contribution >= 0.6 is 0 Å². The molecular formula is C25H35N5O3. The van der Waals surface area contributed by atoms with Crippen molar-refractivity contribution in [1.82, 2.24) is 14.9 Å². The highest BCUT2D eigenvalue weighted by atomic mass is 16.5. The Morgan fingerprint density at radius 3 is 2.64 bits per heavy atom. The van der Waals surface area contributed by atoms with Gasteiger partial charge in [0, 0.05) is 38.2 Å². The number of primary amides is 1. The predicted molar refractivity (Wildman–Crippen MR) is 128 cm³/mol. The predicted octanol–water partition coefficient (Wildman–Crippen LogP) is 2.64. The molecule has 0 saturated carbocycles. The summed E-state index contributed by atoms with van der Waals surface area (Å²) < 4.78 is 11.6. The first-order valence-electron chi connectivity index (χ1n) is 12.0. The lowest BCUT2D eigenvalue weighted by atomic mass is 9.96. The van der Waals surface area contributed by atoms with Gasteiger partial charge in [0.2, 0.25) is 5.91 Å². The highest BCUT2D eigenvalue weighted by molar-refractivity contribution is 5.77. The second kappa shape index (κ2) is 11.3. The van der Waals surface area contributed by atoms with Crippen LogP contribution in [0.15, 0.2) is 30.5 Å². The van der Waals surface area contributed by atoms with E-state index in [1.165, 1.54) is 25.9 Å². The molecule has 0 aliphatic carbocycles. The zero-order valence-corrected chi connectivity index (χ0v) is 19.5. The van der Waals surface area contributed by atoms with Crippen LogP contribution in [0.2, 0.25) is 0 Å². The topological polar surface area (TPSA) is 93.8 Å². The molecule has 3 heterocycles. The van der Waals surface area contributed by atoms with Crippen LogP contribution in [0.5, 0.6) is 11.5 Å². The maximum atomic E-state index is 11.4. The number of anilines is 1. The van der Waals surface area contributed by atoms with E-state index in [1.54, 1.807) is 13.3 Å². The molecule has 0 atom stereocenters. The van der Waals surface area contributed by atoms with Gasteiger partial charge in [0.15, 0.2) is 11.5 Å². The number of ether oxygens (including phenoxy) is 2. The molecule has 8 nitrogen and oxygen atoms in total. The molecule has 2 aromatic rings. The number of hydrogen-bond donors (Lipinski definition) is 1. The van der Waals surface area contributed by atoms with Crippen molar-refractivity contribution in [3.63, 3.8) is 0 Å². The summed E-state index contributed by atoms with van der Waals surface area (Å²) in [5.74, 6) is 2.93. The molecule has 2 aliphatic heterocycles. The van der Waals surface area contributed by atoms with Gasteiger partial charge >= 0.3 is 0 Å². The molecule has 2 saturated heterocycles. The van der Waals surface area contributed by atoms with Crippen LogP contribution < -0.4 is 20.1 Å². The van der Waals surface area contributed by atoms with Crippen molar-refractivity contribution in [3.8, 4) is 11.5 Å². The Bertz CT molecular complexity index is 924. The summed E-state index contributed by atoms with van der Waals surface area (Å²) in [6.07, 6.45) is 7.58. The van der Waals surface area contributed by atoms with E-state index in [4.69, 9.17) is 20.2 Å². The fourth-order valence-corrected chi connectivity index (χ4v) is 4.65. The van der Waals surface area contributed by atoms with Gasteiger partial charge in [-0.05, 0) is 69.0 Å². The molecular weight excluding hydrogens is 418 g/mol. The van der Waals surface area contributed by atoms with Crippen molar-refractivity contribution < 1.29 is 14.3 Å². The lowest BCUT2D eigenvalue weighted by Crippen LogP contribution is -2.39. The number of carbonyl (C=O) groups excluding carboxylic acids is 1. The monoisotopic (exact) mass is 453 g/mol. The van der Waals surface area contributed by atoms with Gasteiger partial charge in [0.1, 0.15) is 11.6 Å². The van der Waals surface area contributed by atoms with E-state index in [1.807, 2.05) is 24.3 Å². The fraction of sp³-hybridized carbons (Fsp3) is 0.560. The third-order valence-electron chi connectivity index (χ3n) is 6.58. The molecule has 2 fully saturated rings. The molecule has 33 heavy (non-hydrogen) atoms. The van der Waals surface area contributed by atoms with Gasteiger partial charge < -0.3 is 25.0 Å². The van der Waals surface area contributed by atoms with Gasteiger partial charge in [0.05, 0.1) is 13.7 Å². The minimum atomic E-state index is -0.202. The van der Waals surface area contributed by atoms with E-state index < -0.39 is 0 Å². The summed E-state index contributed by atoms with van der Waals surface area (Å²) in [7, 11) is 1.67. The van der Waals surface area contributed by atoms with Crippen LogP contribution in [0.4, 0.5) is 5.82 Å². The Balaban J connectivity index is 1.35. The van der Waals surface area contributed by atoms with Crippen molar-refractivity contribution in [2.75, 3.05) is 51.3 Å². The van der Waals surface area contributed by atoms with Crippen molar-refractivity contribution in [1.29, 1.82) is 0 Å². The average Bonchev–Trinajstić information content (AvgIpc) is 3.36. The first-order valence-corrected chi connectivity index (χ1v) is 12.0. The van der Waals surface area contributed by atoms with E-state index in [9.17, 15) is 4.79 Å². The number of carbonyl (C=O) groups is 1. The molecule has 2 aliphatic rings. The van der Waals surface area contributed by atoms with Gasteiger partial charge in [-0.3, -0.25) is 4.79 Å². The standard InChI is InChI=1S/C25H35N5O3/c1-32-21-6-5-19(17-22(21)33-16-4-13-29-11-2-3-12-29)18-23-27-10-7-24(28-23)30-14-8-20(9-15-30)25(26)31/h5-7,10,17,20H,2-4,8-9,11-16,18H2,1H3,(H2,26,31). The highest BCUT2D eigenvalue weighted by Gasteiger charge is 2.24. The van der Waals surface area contributed by atoms with Crippen molar-refractivity contribution in [2.45, 2.75) is 38.5 Å². The minimum absolute atomic E-state index is 0.0318. The van der Waals surface area contributed by atoms with Crippen molar-refractivity contribution in [2.24, 2.45) is 11.7 Å². The molecule has 1 aromatic heterocycles. The Hall–Kier alpha value is -2.87. The van der Waals surface area contributed by atoms with Gasteiger partial charge in [-0.2, -0.15) is 0 Å². The maximum Gasteiger partial charge on any atom is 0.220 e. The Morgan fingerprint density at radius 2 is 1.91 bits per heavy atom. The number of nitrogens with two attached hydrogens (primary N) is 1. The van der Waals surface area contributed by atoms with Crippen molar-refractivity contribution >= 4 is 11.7 Å². The molecule has 2 N–H and O–H groups in total. The summed E-state index contributed by atoms with van der Waals surface area (Å²) >= 11 is 0. The number of hydrogen-bond acceptors (Lipinski definition) is 7. The smallest absolute Gasteiger partial charge is 0.220 e. The Morgan fingerprint density at radius 1 is 1.12 bits per heavy atom. The number of aromatic nitrogens is 2. The molecule has 178 valence electrons. The van der Waals surface area contributed by atoms with Gasteiger partial charge in [-0.15, -0.1) is 0 Å². The molecule has 0 bridgehead atoms. The zero-order chi connectivity index (χ0) is 23.0. The molecule has 0 radical (unpaired) electrons. The highest BCUT2D eigenvalue weighted by Crippen LogP contribution is 2.29. The Labute approximate surface area is 196 Å².